The lowest BCUT2D eigenvalue weighted by molar-refractivity contribution is -0.121. The minimum absolute atomic E-state index is 0.179. The van der Waals surface area contributed by atoms with E-state index in [1.54, 1.807) is 11.3 Å². The summed E-state index contributed by atoms with van der Waals surface area (Å²) in [6.45, 7) is 5.71. The molecule has 1 aromatic carbocycles. The minimum Gasteiger partial charge on any atom is -0.353 e. The number of aromatic nitrogens is 1. The number of thiazole rings is 1. The van der Waals surface area contributed by atoms with E-state index in [-0.39, 0.29) is 11.9 Å². The van der Waals surface area contributed by atoms with Crippen LogP contribution < -0.4 is 5.32 Å². The number of nitrogens with zero attached hydrogens (tertiary/aromatic N) is 2. The maximum absolute atomic E-state index is 12.9. The number of piperidine rings is 1. The molecule has 1 aromatic heterocycles. The SMILES string of the molecule is CCc1ccc2nc(CCC(=O)NC(C/C=C/CN3CCCCC3)CC3CCCCC3)sc2c1. The van der Waals surface area contributed by atoms with Gasteiger partial charge in [-0.2, -0.15) is 0 Å². The van der Waals surface area contributed by atoms with Gasteiger partial charge in [-0.15, -0.1) is 11.3 Å². The molecule has 0 radical (unpaired) electrons. The van der Waals surface area contributed by atoms with E-state index in [9.17, 15) is 4.79 Å². The van der Waals surface area contributed by atoms with Crippen molar-refractivity contribution in [1.82, 2.24) is 15.2 Å². The molecule has 5 heteroatoms. The molecule has 1 N–H and O–H groups in total. The van der Waals surface area contributed by atoms with Crippen LogP contribution in [0.2, 0.25) is 0 Å². The number of amides is 1. The van der Waals surface area contributed by atoms with Crippen molar-refractivity contribution in [3.8, 4) is 0 Å². The van der Waals surface area contributed by atoms with E-state index >= 15 is 0 Å². The molecule has 1 saturated carbocycles. The van der Waals surface area contributed by atoms with Crippen LogP contribution in [0, 0.1) is 5.92 Å². The molecule has 4 nitrogen and oxygen atoms in total. The second kappa shape index (κ2) is 13.4. The van der Waals surface area contributed by atoms with Crippen LogP contribution in [0.4, 0.5) is 0 Å². The number of carbonyl (C=O) groups is 1. The highest BCUT2D eigenvalue weighted by Crippen LogP contribution is 2.28. The Labute approximate surface area is 210 Å². The van der Waals surface area contributed by atoms with Crippen LogP contribution in [0.3, 0.4) is 0 Å². The van der Waals surface area contributed by atoms with Gasteiger partial charge >= 0.3 is 0 Å². The first-order valence-electron chi connectivity index (χ1n) is 13.7. The zero-order valence-corrected chi connectivity index (χ0v) is 21.9. The van der Waals surface area contributed by atoms with Crippen molar-refractivity contribution in [2.24, 2.45) is 5.92 Å². The van der Waals surface area contributed by atoms with E-state index in [0.717, 1.165) is 48.7 Å². The highest BCUT2D eigenvalue weighted by atomic mass is 32.1. The van der Waals surface area contributed by atoms with Gasteiger partial charge in [0, 0.05) is 25.4 Å². The van der Waals surface area contributed by atoms with Crippen LogP contribution in [0.25, 0.3) is 10.2 Å². The lowest BCUT2D eigenvalue weighted by Gasteiger charge is -2.27. The van der Waals surface area contributed by atoms with Crippen molar-refractivity contribution < 1.29 is 4.79 Å². The predicted octanol–water partition coefficient (Wildman–Crippen LogP) is 6.68. The van der Waals surface area contributed by atoms with E-state index in [0.29, 0.717) is 6.42 Å². The molecule has 34 heavy (non-hydrogen) atoms. The number of likely N-dealkylation sites (tertiary alicyclic amines) is 1. The molecule has 1 aliphatic heterocycles. The summed E-state index contributed by atoms with van der Waals surface area (Å²) in [6, 6.07) is 6.78. The summed E-state index contributed by atoms with van der Waals surface area (Å²) in [5.74, 6) is 0.949. The first-order chi connectivity index (χ1) is 16.7. The first-order valence-corrected chi connectivity index (χ1v) is 14.6. The summed E-state index contributed by atoms with van der Waals surface area (Å²) in [4.78, 5) is 20.2. The van der Waals surface area contributed by atoms with Crippen LogP contribution >= 0.6 is 11.3 Å². The molecule has 1 atom stereocenters. The number of fused-ring (bicyclic) bond motifs is 1. The summed E-state index contributed by atoms with van der Waals surface area (Å²) in [5.41, 5.74) is 2.41. The average Bonchev–Trinajstić information content (AvgIpc) is 3.29. The van der Waals surface area contributed by atoms with Gasteiger partial charge in [-0.1, -0.05) is 63.7 Å². The maximum Gasteiger partial charge on any atom is 0.220 e. The van der Waals surface area contributed by atoms with E-state index in [2.05, 4.69) is 47.5 Å². The number of hydrogen-bond donors (Lipinski definition) is 1. The smallest absolute Gasteiger partial charge is 0.220 e. The topological polar surface area (TPSA) is 45.2 Å². The lowest BCUT2D eigenvalue weighted by Crippen LogP contribution is -2.36. The Bertz CT molecular complexity index is 925. The van der Waals surface area contributed by atoms with Crippen molar-refractivity contribution in [3.05, 3.63) is 40.9 Å². The molecular formula is C29H43N3OS. The lowest BCUT2D eigenvalue weighted by atomic mass is 9.84. The number of hydrogen-bond acceptors (Lipinski definition) is 4. The second-order valence-corrected chi connectivity index (χ2v) is 11.5. The number of rotatable bonds is 11. The molecule has 186 valence electrons. The summed E-state index contributed by atoms with van der Waals surface area (Å²) in [6.07, 6.45) is 19.8. The summed E-state index contributed by atoms with van der Waals surface area (Å²) < 4.78 is 1.24. The Morgan fingerprint density at radius 1 is 1.15 bits per heavy atom. The number of aryl methyl sites for hydroxylation is 2. The molecule has 0 bridgehead atoms. The van der Waals surface area contributed by atoms with Gasteiger partial charge in [0.1, 0.15) is 0 Å². The molecule has 1 aliphatic carbocycles. The monoisotopic (exact) mass is 481 g/mol. The van der Waals surface area contributed by atoms with Gasteiger partial charge in [-0.3, -0.25) is 9.69 Å². The van der Waals surface area contributed by atoms with Gasteiger partial charge in [-0.05, 0) is 68.8 Å². The third kappa shape index (κ3) is 7.91. The van der Waals surface area contributed by atoms with Crippen molar-refractivity contribution in [2.75, 3.05) is 19.6 Å². The van der Waals surface area contributed by atoms with Gasteiger partial charge in [0.15, 0.2) is 0 Å². The van der Waals surface area contributed by atoms with Gasteiger partial charge in [0.05, 0.1) is 15.2 Å². The van der Waals surface area contributed by atoms with E-state index in [1.807, 2.05) is 0 Å². The summed E-state index contributed by atoms with van der Waals surface area (Å²) in [5, 5.41) is 4.47. The highest BCUT2D eigenvalue weighted by Gasteiger charge is 2.20. The van der Waals surface area contributed by atoms with E-state index in [4.69, 9.17) is 4.98 Å². The molecule has 2 fully saturated rings. The number of nitrogens with one attached hydrogen (secondary N) is 1. The number of benzene rings is 1. The van der Waals surface area contributed by atoms with Crippen molar-refractivity contribution in [2.45, 2.75) is 96.4 Å². The Kier molecular flexibility index (Phi) is 9.99. The van der Waals surface area contributed by atoms with E-state index < -0.39 is 0 Å². The molecule has 1 amide bonds. The molecule has 1 saturated heterocycles. The van der Waals surface area contributed by atoms with Crippen molar-refractivity contribution in [1.29, 1.82) is 0 Å². The molecule has 2 heterocycles. The Morgan fingerprint density at radius 3 is 2.74 bits per heavy atom. The van der Waals surface area contributed by atoms with Gasteiger partial charge in [0.25, 0.3) is 0 Å². The fourth-order valence-electron chi connectivity index (χ4n) is 5.53. The normalized spacial score (nSPS) is 19.1. The zero-order valence-electron chi connectivity index (χ0n) is 21.1. The third-order valence-electron chi connectivity index (χ3n) is 7.58. The van der Waals surface area contributed by atoms with Gasteiger partial charge in [-0.25, -0.2) is 4.98 Å². The second-order valence-electron chi connectivity index (χ2n) is 10.3. The first kappa shape index (κ1) is 25.4. The molecule has 0 spiro atoms. The number of carbonyl (C=O) groups excluding carboxylic acids is 1. The van der Waals surface area contributed by atoms with Crippen molar-refractivity contribution in [3.63, 3.8) is 0 Å². The van der Waals surface area contributed by atoms with Gasteiger partial charge < -0.3 is 5.32 Å². The predicted molar refractivity (Wildman–Crippen MR) is 144 cm³/mol. The van der Waals surface area contributed by atoms with Crippen LogP contribution in [-0.2, 0) is 17.6 Å². The quantitative estimate of drug-likeness (QED) is 0.364. The summed E-state index contributed by atoms with van der Waals surface area (Å²) >= 11 is 1.74. The van der Waals surface area contributed by atoms with Crippen LogP contribution in [-0.4, -0.2) is 41.5 Å². The molecule has 2 aromatic rings. The fraction of sp³-hybridized carbons (Fsp3) is 0.655. The Balaban J connectivity index is 1.28. The molecule has 4 rings (SSSR count). The Hall–Kier alpha value is -1.72. The Morgan fingerprint density at radius 2 is 1.94 bits per heavy atom. The standard InChI is InChI=1S/C29H43N3OS/c1-2-23-14-15-26-27(22-23)34-29(31-26)17-16-28(33)30-25(21-24-11-5-3-6-12-24)13-7-10-20-32-18-8-4-9-19-32/h7,10,14-15,22,24-25H,2-6,8-9,11-13,16-21H2,1H3,(H,30,33)/b10-7+. The molecule has 1 unspecified atom stereocenters. The third-order valence-corrected chi connectivity index (χ3v) is 8.66. The molecular weight excluding hydrogens is 438 g/mol. The minimum atomic E-state index is 0.179. The highest BCUT2D eigenvalue weighted by molar-refractivity contribution is 7.18. The largest absolute Gasteiger partial charge is 0.353 e. The van der Waals surface area contributed by atoms with E-state index in [1.165, 1.54) is 74.7 Å². The summed E-state index contributed by atoms with van der Waals surface area (Å²) in [7, 11) is 0. The van der Waals surface area contributed by atoms with Crippen LogP contribution in [0.1, 0.15) is 88.1 Å². The average molecular weight is 482 g/mol. The van der Waals surface area contributed by atoms with Crippen molar-refractivity contribution >= 4 is 27.5 Å². The van der Waals surface area contributed by atoms with Crippen LogP contribution in [0.15, 0.2) is 30.4 Å². The fourth-order valence-corrected chi connectivity index (χ4v) is 6.56. The maximum atomic E-state index is 12.9. The van der Waals surface area contributed by atoms with Gasteiger partial charge in [0.2, 0.25) is 5.91 Å². The van der Waals surface area contributed by atoms with Crippen LogP contribution in [0.5, 0.6) is 0 Å². The zero-order chi connectivity index (χ0) is 23.6. The molecule has 2 aliphatic rings.